The third kappa shape index (κ3) is 2.83. The van der Waals surface area contributed by atoms with Crippen molar-refractivity contribution in [3.8, 4) is 0 Å². The van der Waals surface area contributed by atoms with Crippen LogP contribution in [0.5, 0.6) is 0 Å². The summed E-state index contributed by atoms with van der Waals surface area (Å²) >= 11 is 0. The fourth-order valence-corrected chi connectivity index (χ4v) is 2.76. The summed E-state index contributed by atoms with van der Waals surface area (Å²) in [4.78, 5) is 0. The van der Waals surface area contributed by atoms with Crippen molar-refractivity contribution in [3.05, 3.63) is 11.4 Å². The van der Waals surface area contributed by atoms with Crippen LogP contribution in [0.25, 0.3) is 0 Å². The molecular weight excluding hydrogens is 512 g/mol. The average molecular weight is 512 g/mol. The molecule has 0 radical (unpaired) electrons. The number of halogens is 20. The second-order valence-electron chi connectivity index (χ2n) is 5.81. The first-order valence-corrected chi connectivity index (χ1v) is 6.53. The van der Waals surface area contributed by atoms with E-state index in [9.17, 15) is 87.8 Å². The molecule has 0 aromatic rings. The van der Waals surface area contributed by atoms with Crippen molar-refractivity contribution >= 4 is 0 Å². The first-order chi connectivity index (χ1) is 13.0. The normalized spacial score (nSPS) is 22.8. The zero-order chi connectivity index (χ0) is 25.7. The van der Waals surface area contributed by atoms with Crippen LogP contribution in [0.15, 0.2) is 11.4 Å². The summed E-state index contributed by atoms with van der Waals surface area (Å²) in [5.74, 6) is -28.0. The van der Waals surface area contributed by atoms with Crippen LogP contribution in [-0.4, -0.2) is 48.1 Å². The number of allylic oxidation sites excluding steroid dienone is 2. The Morgan fingerprint density at radius 3 is 0.968 bits per heavy atom. The fraction of sp³-hybridized carbons (Fsp3) is 0.818. The van der Waals surface area contributed by atoms with E-state index < -0.39 is 65.0 Å². The topological polar surface area (TPSA) is 0 Å². The molecule has 0 spiro atoms. The van der Waals surface area contributed by atoms with Crippen LogP contribution in [-0.2, 0) is 0 Å². The van der Waals surface area contributed by atoms with Gasteiger partial charge in [0.05, 0.1) is 5.57 Å². The Kier molecular flexibility index (Phi) is 5.50. The lowest BCUT2D eigenvalue weighted by molar-refractivity contribution is -0.474. The van der Waals surface area contributed by atoms with Gasteiger partial charge in [-0.25, -0.2) is 8.78 Å². The van der Waals surface area contributed by atoms with E-state index in [2.05, 4.69) is 0 Å². The van der Waals surface area contributed by atoms with E-state index >= 15 is 0 Å². The Labute approximate surface area is 154 Å². The minimum atomic E-state index is -9.24. The zero-order valence-electron chi connectivity index (χ0n) is 13.1. The molecule has 31 heavy (non-hydrogen) atoms. The van der Waals surface area contributed by atoms with Gasteiger partial charge in [-0.2, -0.15) is 79.0 Å². The van der Waals surface area contributed by atoms with E-state index in [-0.39, 0.29) is 0 Å². The molecule has 1 aliphatic carbocycles. The molecule has 1 unspecified atom stereocenters. The molecule has 0 nitrogen and oxygen atoms in total. The van der Waals surface area contributed by atoms with Crippen molar-refractivity contribution in [2.75, 3.05) is 0 Å². The molecule has 0 N–H and O–H groups in total. The van der Waals surface area contributed by atoms with Crippen LogP contribution in [0.1, 0.15) is 0 Å². The maximum atomic E-state index is 14.3. The monoisotopic (exact) mass is 512 g/mol. The van der Waals surface area contributed by atoms with E-state index in [1.165, 1.54) is 0 Å². The minimum Gasteiger partial charge on any atom is -0.225 e. The lowest BCUT2D eigenvalue weighted by Gasteiger charge is -2.54. The number of rotatable bonds is 3. The summed E-state index contributed by atoms with van der Waals surface area (Å²) in [7, 11) is 0. The highest BCUT2D eigenvalue weighted by molar-refractivity contribution is 5.50. The Balaban J connectivity index is 4.57. The van der Waals surface area contributed by atoms with Gasteiger partial charge in [-0.1, -0.05) is 0 Å². The molecule has 0 aromatic carbocycles. The third-order valence-electron chi connectivity index (χ3n) is 4.12. The summed E-state index contributed by atoms with van der Waals surface area (Å²) in [5, 5.41) is 0. The largest absolute Gasteiger partial charge is 0.457 e. The van der Waals surface area contributed by atoms with Gasteiger partial charge in [0.15, 0.2) is 5.83 Å². The van der Waals surface area contributed by atoms with Gasteiger partial charge in [-0.05, 0) is 0 Å². The highest BCUT2D eigenvalue weighted by Gasteiger charge is 3.02. The molecule has 0 saturated heterocycles. The van der Waals surface area contributed by atoms with Crippen LogP contribution in [0.3, 0.4) is 0 Å². The standard InChI is InChI=1S/C11F20/c12-2-1(4(13,14)5(2,15)16)3(8(20,21)22,9(23,24)25)6(17,10(26,27)28)7(18,19)11(29,30)31. The first kappa shape index (κ1) is 27.4. The SMILES string of the molecule is FC1=C(C(C(F)(F)F)(C(F)(F)F)C(F)(C(F)(F)F)C(F)(F)C(F)(F)F)C(F)(F)C1(F)F. The summed E-state index contributed by atoms with van der Waals surface area (Å²) in [6.45, 7) is 0. The van der Waals surface area contributed by atoms with Gasteiger partial charge in [0, 0.05) is 0 Å². The van der Waals surface area contributed by atoms with E-state index in [4.69, 9.17) is 0 Å². The third-order valence-corrected chi connectivity index (χ3v) is 4.12. The highest BCUT2D eigenvalue weighted by atomic mass is 19.4. The van der Waals surface area contributed by atoms with Gasteiger partial charge in [0.2, 0.25) is 5.41 Å². The van der Waals surface area contributed by atoms with Gasteiger partial charge < -0.3 is 0 Å². The Hall–Kier alpha value is -1.66. The van der Waals surface area contributed by atoms with E-state index in [0.29, 0.717) is 0 Å². The van der Waals surface area contributed by atoms with Crippen LogP contribution in [0.2, 0.25) is 0 Å². The summed E-state index contributed by atoms with van der Waals surface area (Å²) < 4.78 is 260. The molecule has 0 saturated carbocycles. The zero-order valence-corrected chi connectivity index (χ0v) is 13.1. The molecule has 0 fully saturated rings. The van der Waals surface area contributed by atoms with Gasteiger partial charge in [-0.15, -0.1) is 0 Å². The van der Waals surface area contributed by atoms with Crippen molar-refractivity contribution in [1.29, 1.82) is 0 Å². The van der Waals surface area contributed by atoms with Crippen LogP contribution < -0.4 is 0 Å². The molecule has 0 aliphatic heterocycles. The smallest absolute Gasteiger partial charge is 0.225 e. The Morgan fingerprint density at radius 1 is 0.452 bits per heavy atom. The highest BCUT2D eigenvalue weighted by Crippen LogP contribution is 2.77. The van der Waals surface area contributed by atoms with Crippen LogP contribution in [0.4, 0.5) is 87.8 Å². The van der Waals surface area contributed by atoms with Crippen molar-refractivity contribution in [1.82, 2.24) is 0 Å². The van der Waals surface area contributed by atoms with E-state index in [1.54, 1.807) is 0 Å². The lowest BCUT2D eigenvalue weighted by Crippen LogP contribution is -2.80. The lowest BCUT2D eigenvalue weighted by atomic mass is 9.57. The summed E-state index contributed by atoms with van der Waals surface area (Å²) in [5.41, 5.74) is -23.5. The maximum absolute atomic E-state index is 14.3. The molecule has 0 amide bonds. The molecule has 1 rings (SSSR count). The quantitative estimate of drug-likeness (QED) is 0.355. The summed E-state index contributed by atoms with van der Waals surface area (Å²) in [6.07, 6.45) is -34.4. The maximum Gasteiger partial charge on any atom is 0.457 e. The number of alkyl halides is 19. The van der Waals surface area contributed by atoms with Gasteiger partial charge >= 0.3 is 48.1 Å². The van der Waals surface area contributed by atoms with Crippen LogP contribution in [0, 0.1) is 5.41 Å². The fourth-order valence-electron chi connectivity index (χ4n) is 2.76. The Bertz CT molecular complexity index is 738. The first-order valence-electron chi connectivity index (χ1n) is 6.53. The number of hydrogen-bond donors (Lipinski definition) is 0. The molecule has 0 heterocycles. The van der Waals surface area contributed by atoms with Crippen LogP contribution >= 0.6 is 0 Å². The predicted octanol–water partition coefficient (Wildman–Crippen LogP) is 7.07. The number of hydrogen-bond acceptors (Lipinski definition) is 0. The molecular formula is C11F20. The molecule has 1 atom stereocenters. The van der Waals surface area contributed by atoms with Crippen molar-refractivity contribution in [2.24, 2.45) is 5.41 Å². The summed E-state index contributed by atoms with van der Waals surface area (Å²) in [6, 6.07) is 0. The second kappa shape index (κ2) is 6.22. The molecule has 0 aromatic heterocycles. The minimum absolute atomic E-state index is 4.84. The van der Waals surface area contributed by atoms with Crippen molar-refractivity contribution in [3.63, 3.8) is 0 Å². The van der Waals surface area contributed by atoms with E-state index in [1.807, 2.05) is 0 Å². The molecule has 1 aliphatic rings. The predicted molar refractivity (Wildman–Crippen MR) is 53.5 cm³/mol. The van der Waals surface area contributed by atoms with Gasteiger partial charge in [-0.3, -0.25) is 0 Å². The van der Waals surface area contributed by atoms with Gasteiger partial charge in [0.1, 0.15) is 0 Å². The molecule has 184 valence electrons. The molecule has 0 bridgehead atoms. The molecule has 20 heteroatoms. The van der Waals surface area contributed by atoms with Crippen molar-refractivity contribution < 1.29 is 87.8 Å². The average Bonchev–Trinajstić information content (AvgIpc) is 2.45. The van der Waals surface area contributed by atoms with E-state index in [0.717, 1.165) is 0 Å². The second-order valence-corrected chi connectivity index (χ2v) is 5.81. The van der Waals surface area contributed by atoms with Gasteiger partial charge in [0.25, 0.3) is 0 Å². The Morgan fingerprint density at radius 2 is 0.774 bits per heavy atom. The van der Waals surface area contributed by atoms with Crippen molar-refractivity contribution in [2.45, 2.75) is 48.1 Å².